The summed E-state index contributed by atoms with van der Waals surface area (Å²) in [5.41, 5.74) is 2.60. The van der Waals surface area contributed by atoms with Gasteiger partial charge in [-0.15, -0.1) is 0 Å². The summed E-state index contributed by atoms with van der Waals surface area (Å²) in [7, 11) is 0. The maximum atomic E-state index is 13.8. The Kier molecular flexibility index (Phi) is 5.01. The molecule has 1 N–H and O–H groups in total. The molecule has 3 rings (SSSR count). The van der Waals surface area contributed by atoms with Crippen molar-refractivity contribution in [3.05, 3.63) is 77.9 Å². The molecule has 4 nitrogen and oxygen atoms in total. The van der Waals surface area contributed by atoms with Crippen LogP contribution in [-0.2, 0) is 6.42 Å². The smallest absolute Gasteiger partial charge is 0.289 e. The first-order valence-electron chi connectivity index (χ1n) is 7.77. The zero-order chi connectivity index (χ0) is 16.8. The molecular weight excluding hydrogens is 307 g/mol. The number of amides is 1. The highest BCUT2D eigenvalue weighted by Gasteiger charge is 2.08. The van der Waals surface area contributed by atoms with Gasteiger partial charge in [0, 0.05) is 18.2 Å². The second-order valence-corrected chi connectivity index (χ2v) is 5.41. The van der Waals surface area contributed by atoms with Gasteiger partial charge in [-0.1, -0.05) is 47.6 Å². The summed E-state index contributed by atoms with van der Waals surface area (Å²) in [6.45, 7) is 0.550. The van der Waals surface area contributed by atoms with Crippen molar-refractivity contribution in [3.63, 3.8) is 0 Å². The Balaban J connectivity index is 1.50. The molecule has 3 aromatic rings. The average molecular weight is 324 g/mol. The third-order valence-corrected chi connectivity index (χ3v) is 3.73. The van der Waals surface area contributed by atoms with Crippen molar-refractivity contribution < 1.29 is 13.7 Å². The minimum absolute atomic E-state index is 0.212. The van der Waals surface area contributed by atoms with Gasteiger partial charge in [-0.05, 0) is 30.0 Å². The quantitative estimate of drug-likeness (QED) is 0.701. The van der Waals surface area contributed by atoms with Crippen LogP contribution in [0.1, 0.15) is 22.5 Å². The molecule has 24 heavy (non-hydrogen) atoms. The van der Waals surface area contributed by atoms with Crippen molar-refractivity contribution in [2.75, 3.05) is 6.54 Å². The molecule has 0 saturated carbocycles. The van der Waals surface area contributed by atoms with Crippen LogP contribution in [0.2, 0.25) is 0 Å². The highest BCUT2D eigenvalue weighted by molar-refractivity contribution is 5.91. The largest absolute Gasteiger partial charge is 0.351 e. The van der Waals surface area contributed by atoms with Crippen molar-refractivity contribution in [3.8, 4) is 11.1 Å². The van der Waals surface area contributed by atoms with Gasteiger partial charge in [-0.25, -0.2) is 4.39 Å². The van der Waals surface area contributed by atoms with Gasteiger partial charge in [0.1, 0.15) is 5.82 Å². The fourth-order valence-corrected chi connectivity index (χ4v) is 2.46. The molecule has 122 valence electrons. The molecule has 0 atom stereocenters. The minimum atomic E-state index is -0.262. The first-order chi connectivity index (χ1) is 11.7. The Morgan fingerprint density at radius 2 is 1.88 bits per heavy atom. The van der Waals surface area contributed by atoms with Gasteiger partial charge in [0.05, 0.1) is 6.20 Å². The average Bonchev–Trinajstić information content (AvgIpc) is 3.14. The number of aromatic nitrogens is 1. The SMILES string of the molecule is O=C(NCCCc1ccc(-c2ccccc2F)cc1)c1ccno1. The summed E-state index contributed by atoms with van der Waals surface area (Å²) in [5.74, 6) is -0.271. The van der Waals surface area contributed by atoms with Crippen molar-refractivity contribution in [1.29, 1.82) is 0 Å². The second kappa shape index (κ2) is 7.55. The third-order valence-electron chi connectivity index (χ3n) is 3.73. The second-order valence-electron chi connectivity index (χ2n) is 5.41. The van der Waals surface area contributed by atoms with Crippen LogP contribution in [0, 0.1) is 5.82 Å². The summed E-state index contributed by atoms with van der Waals surface area (Å²) in [6, 6.07) is 16.1. The molecule has 0 bridgehead atoms. The van der Waals surface area contributed by atoms with Crippen LogP contribution in [0.15, 0.2) is 65.3 Å². The van der Waals surface area contributed by atoms with Gasteiger partial charge in [-0.3, -0.25) is 4.79 Å². The molecule has 0 saturated heterocycles. The molecule has 0 unspecified atom stereocenters. The summed E-state index contributed by atoms with van der Waals surface area (Å²) in [5, 5.41) is 6.27. The molecule has 0 aliphatic carbocycles. The minimum Gasteiger partial charge on any atom is -0.351 e. The molecule has 1 amide bonds. The molecule has 0 aliphatic heterocycles. The lowest BCUT2D eigenvalue weighted by Crippen LogP contribution is -2.24. The van der Waals surface area contributed by atoms with Crippen LogP contribution < -0.4 is 5.32 Å². The lowest BCUT2D eigenvalue weighted by Gasteiger charge is -2.06. The fourth-order valence-electron chi connectivity index (χ4n) is 2.46. The van der Waals surface area contributed by atoms with Gasteiger partial charge < -0.3 is 9.84 Å². The lowest BCUT2D eigenvalue weighted by atomic mass is 10.0. The summed E-state index contributed by atoms with van der Waals surface area (Å²) < 4.78 is 18.5. The van der Waals surface area contributed by atoms with Gasteiger partial charge in [0.15, 0.2) is 0 Å². The number of nitrogens with zero attached hydrogens (tertiary/aromatic N) is 1. The maximum absolute atomic E-state index is 13.8. The molecule has 1 heterocycles. The highest BCUT2D eigenvalue weighted by atomic mass is 19.1. The Hall–Kier alpha value is -2.95. The van der Waals surface area contributed by atoms with E-state index in [1.165, 1.54) is 18.3 Å². The zero-order valence-electron chi connectivity index (χ0n) is 13.0. The van der Waals surface area contributed by atoms with Crippen LogP contribution in [0.4, 0.5) is 4.39 Å². The van der Waals surface area contributed by atoms with Gasteiger partial charge in [0.2, 0.25) is 5.76 Å². The molecule has 5 heteroatoms. The van der Waals surface area contributed by atoms with E-state index in [4.69, 9.17) is 4.52 Å². The van der Waals surface area contributed by atoms with E-state index in [1.54, 1.807) is 12.1 Å². The van der Waals surface area contributed by atoms with Gasteiger partial charge in [0.25, 0.3) is 5.91 Å². The Morgan fingerprint density at radius 3 is 2.58 bits per heavy atom. The van der Waals surface area contributed by atoms with E-state index in [2.05, 4.69) is 10.5 Å². The van der Waals surface area contributed by atoms with Crippen LogP contribution >= 0.6 is 0 Å². The number of rotatable bonds is 6. The third kappa shape index (κ3) is 3.87. The number of carbonyl (C=O) groups is 1. The van der Waals surface area contributed by atoms with Crippen LogP contribution in [0.5, 0.6) is 0 Å². The van der Waals surface area contributed by atoms with E-state index in [0.717, 1.165) is 24.0 Å². The Labute approximate surface area is 139 Å². The maximum Gasteiger partial charge on any atom is 0.289 e. The molecule has 0 radical (unpaired) electrons. The van der Waals surface area contributed by atoms with E-state index in [0.29, 0.717) is 12.1 Å². The summed E-state index contributed by atoms with van der Waals surface area (Å²) in [6.07, 6.45) is 3.07. The molecule has 0 spiro atoms. The number of hydrogen-bond acceptors (Lipinski definition) is 3. The monoisotopic (exact) mass is 324 g/mol. The first kappa shape index (κ1) is 15.9. The molecule has 0 fully saturated rings. The number of benzene rings is 2. The molecule has 2 aromatic carbocycles. The number of aryl methyl sites for hydroxylation is 1. The van der Waals surface area contributed by atoms with Crippen molar-refractivity contribution >= 4 is 5.91 Å². The molecule has 1 aromatic heterocycles. The fraction of sp³-hybridized carbons (Fsp3) is 0.158. The summed E-state index contributed by atoms with van der Waals surface area (Å²) >= 11 is 0. The number of nitrogens with one attached hydrogen (secondary N) is 1. The van der Waals surface area contributed by atoms with E-state index < -0.39 is 0 Å². The van der Waals surface area contributed by atoms with Gasteiger partial charge >= 0.3 is 0 Å². The predicted molar refractivity (Wildman–Crippen MR) is 89.0 cm³/mol. The van der Waals surface area contributed by atoms with Crippen LogP contribution in [0.3, 0.4) is 0 Å². The number of hydrogen-bond donors (Lipinski definition) is 1. The first-order valence-corrected chi connectivity index (χ1v) is 7.77. The lowest BCUT2D eigenvalue weighted by molar-refractivity contribution is 0.0916. The number of carbonyl (C=O) groups excluding carboxylic acids is 1. The zero-order valence-corrected chi connectivity index (χ0v) is 13.0. The van der Waals surface area contributed by atoms with Crippen LogP contribution in [0.25, 0.3) is 11.1 Å². The van der Waals surface area contributed by atoms with E-state index >= 15 is 0 Å². The van der Waals surface area contributed by atoms with Crippen molar-refractivity contribution in [2.45, 2.75) is 12.8 Å². The normalized spacial score (nSPS) is 10.5. The van der Waals surface area contributed by atoms with Gasteiger partial charge in [-0.2, -0.15) is 0 Å². The standard InChI is InChI=1S/C19H17FN2O2/c20-17-6-2-1-5-16(17)15-9-7-14(8-10-15)4-3-12-21-19(23)18-11-13-22-24-18/h1-2,5-11,13H,3-4,12H2,(H,21,23). The van der Waals surface area contributed by atoms with E-state index in [9.17, 15) is 9.18 Å². The van der Waals surface area contributed by atoms with Crippen molar-refractivity contribution in [1.82, 2.24) is 10.5 Å². The Morgan fingerprint density at radius 1 is 1.08 bits per heavy atom. The van der Waals surface area contributed by atoms with E-state index in [-0.39, 0.29) is 17.5 Å². The van der Waals surface area contributed by atoms with Crippen molar-refractivity contribution in [2.24, 2.45) is 0 Å². The highest BCUT2D eigenvalue weighted by Crippen LogP contribution is 2.22. The Bertz CT molecular complexity index is 798. The van der Waals surface area contributed by atoms with Crippen LogP contribution in [-0.4, -0.2) is 17.6 Å². The molecular formula is C19H17FN2O2. The van der Waals surface area contributed by atoms with E-state index in [1.807, 2.05) is 30.3 Å². The molecule has 0 aliphatic rings. The predicted octanol–water partition coefficient (Wildman–Crippen LogP) is 3.84. The topological polar surface area (TPSA) is 55.1 Å². The summed E-state index contributed by atoms with van der Waals surface area (Å²) in [4.78, 5) is 11.7. The number of halogens is 1.